The first-order chi connectivity index (χ1) is 9.06. The van der Waals surface area contributed by atoms with Crippen LogP contribution in [0, 0.1) is 0 Å². The van der Waals surface area contributed by atoms with Crippen LogP contribution in [0.2, 0.25) is 0 Å². The van der Waals surface area contributed by atoms with Crippen molar-refractivity contribution in [1.82, 2.24) is 0 Å². The molecule has 0 bridgehead atoms. The predicted octanol–water partition coefficient (Wildman–Crippen LogP) is 6.35. The molecule has 0 radical (unpaired) electrons. The molecule has 0 heterocycles. The molecule has 0 saturated heterocycles. The average molecular weight is 388 g/mol. The van der Waals surface area contributed by atoms with Gasteiger partial charge in [0.05, 0.1) is 3.23 Å². The Morgan fingerprint density at radius 2 is 1.47 bits per heavy atom. The van der Waals surface area contributed by atoms with Crippen molar-refractivity contribution in [2.75, 3.05) is 0 Å². The van der Waals surface area contributed by atoms with Crippen LogP contribution in [0.4, 0.5) is 0 Å². The molecule has 0 N–H and O–H groups in total. The molecule has 1 fully saturated rings. The van der Waals surface area contributed by atoms with Crippen LogP contribution in [0.5, 0.6) is 0 Å². The molecule has 0 amide bonds. The van der Waals surface area contributed by atoms with Crippen molar-refractivity contribution < 1.29 is 0 Å². The van der Waals surface area contributed by atoms with Crippen molar-refractivity contribution in [1.29, 1.82) is 0 Å². The molecular formula is C17H24Br2. The molecule has 1 aliphatic rings. The first-order valence-electron chi connectivity index (χ1n) is 7.57. The van der Waals surface area contributed by atoms with Crippen molar-refractivity contribution in [3.8, 4) is 0 Å². The molecule has 19 heavy (non-hydrogen) atoms. The lowest BCUT2D eigenvalue weighted by molar-refractivity contribution is 0.778. The van der Waals surface area contributed by atoms with Gasteiger partial charge in [-0.3, -0.25) is 0 Å². The molecule has 106 valence electrons. The summed E-state index contributed by atoms with van der Waals surface area (Å²) in [5.41, 5.74) is 4.59. The van der Waals surface area contributed by atoms with E-state index in [0.717, 1.165) is 0 Å². The Kier molecular flexibility index (Phi) is 5.54. The van der Waals surface area contributed by atoms with Gasteiger partial charge in [-0.2, -0.15) is 0 Å². The van der Waals surface area contributed by atoms with E-state index < -0.39 is 0 Å². The Bertz CT molecular complexity index is 397. The van der Waals surface area contributed by atoms with E-state index in [4.69, 9.17) is 0 Å². The van der Waals surface area contributed by atoms with Crippen LogP contribution >= 0.6 is 31.9 Å². The van der Waals surface area contributed by atoms with Crippen molar-refractivity contribution in [2.24, 2.45) is 0 Å². The topological polar surface area (TPSA) is 0 Å². The van der Waals surface area contributed by atoms with E-state index in [2.05, 4.69) is 63.9 Å². The first kappa shape index (κ1) is 15.6. The van der Waals surface area contributed by atoms with Crippen molar-refractivity contribution >= 4 is 31.9 Å². The highest BCUT2D eigenvalue weighted by atomic mass is 79.9. The van der Waals surface area contributed by atoms with Crippen LogP contribution in [-0.4, -0.2) is 3.23 Å². The third-order valence-corrected chi connectivity index (χ3v) is 5.69. The van der Waals surface area contributed by atoms with E-state index in [9.17, 15) is 0 Å². The van der Waals surface area contributed by atoms with Crippen LogP contribution in [0.3, 0.4) is 0 Å². The second-order valence-electron chi connectivity index (χ2n) is 5.81. The zero-order chi connectivity index (χ0) is 13.9. The van der Waals surface area contributed by atoms with E-state index >= 15 is 0 Å². The molecule has 0 nitrogen and oxygen atoms in total. The summed E-state index contributed by atoms with van der Waals surface area (Å²) >= 11 is 7.52. The van der Waals surface area contributed by atoms with Crippen molar-refractivity contribution in [3.63, 3.8) is 0 Å². The zero-order valence-corrected chi connectivity index (χ0v) is 15.2. The number of benzene rings is 1. The molecule has 1 aliphatic carbocycles. The lowest BCUT2D eigenvalue weighted by atomic mass is 9.97. The Morgan fingerprint density at radius 1 is 1.00 bits per heavy atom. The number of aryl methyl sites for hydroxylation is 2. The van der Waals surface area contributed by atoms with Crippen molar-refractivity contribution in [3.05, 3.63) is 34.9 Å². The number of alkyl halides is 2. The van der Waals surface area contributed by atoms with E-state index in [1.807, 2.05) is 0 Å². The number of halogens is 2. The molecule has 1 saturated carbocycles. The molecule has 2 rings (SSSR count). The van der Waals surface area contributed by atoms with Gasteiger partial charge in [-0.15, -0.1) is 0 Å². The molecule has 1 aromatic rings. The third-order valence-electron chi connectivity index (χ3n) is 3.94. The summed E-state index contributed by atoms with van der Waals surface area (Å²) in [5, 5.41) is 0. The minimum atomic E-state index is 0.172. The molecule has 1 unspecified atom stereocenters. The zero-order valence-electron chi connectivity index (χ0n) is 12.0. The second-order valence-corrected chi connectivity index (χ2v) is 9.70. The molecule has 0 aromatic heterocycles. The summed E-state index contributed by atoms with van der Waals surface area (Å²) in [5.74, 6) is 0.648. The number of rotatable bonds is 7. The standard InChI is InChI=1S/C17H24Br2/c1-3-5-7-13-9-14(8-6-4-2)11-15(10-13)16-12-17(16,18)19/h9-11,16H,3-8,12H2,1-2H3. The Balaban J connectivity index is 2.16. The van der Waals surface area contributed by atoms with E-state index in [1.165, 1.54) is 61.6 Å². The smallest absolute Gasteiger partial charge is 0.0720 e. The maximum absolute atomic E-state index is 3.76. The lowest BCUT2D eigenvalue weighted by Crippen LogP contribution is -1.96. The highest BCUT2D eigenvalue weighted by Crippen LogP contribution is 2.62. The van der Waals surface area contributed by atoms with Gasteiger partial charge >= 0.3 is 0 Å². The fraction of sp³-hybridized carbons (Fsp3) is 0.647. The van der Waals surface area contributed by atoms with Gasteiger partial charge in [-0.25, -0.2) is 0 Å². The SMILES string of the molecule is CCCCc1cc(CCCC)cc(C2CC2(Br)Br)c1. The van der Waals surface area contributed by atoms with Gasteiger partial charge in [0.1, 0.15) is 0 Å². The van der Waals surface area contributed by atoms with Crippen LogP contribution in [0.25, 0.3) is 0 Å². The van der Waals surface area contributed by atoms with Gasteiger partial charge in [0.15, 0.2) is 0 Å². The molecule has 1 atom stereocenters. The maximum atomic E-state index is 3.76. The van der Waals surface area contributed by atoms with E-state index in [0.29, 0.717) is 5.92 Å². The Labute approximate surface area is 134 Å². The van der Waals surface area contributed by atoms with Gasteiger partial charge in [0.2, 0.25) is 0 Å². The van der Waals surface area contributed by atoms with Crippen LogP contribution in [0.1, 0.15) is 68.6 Å². The summed E-state index contributed by atoms with van der Waals surface area (Å²) in [4.78, 5) is 0. The van der Waals surface area contributed by atoms with Gasteiger partial charge < -0.3 is 0 Å². The second kappa shape index (κ2) is 6.76. The highest BCUT2D eigenvalue weighted by Gasteiger charge is 2.51. The fourth-order valence-electron chi connectivity index (χ4n) is 2.62. The summed E-state index contributed by atoms with van der Waals surface area (Å²) in [6.07, 6.45) is 8.82. The Hall–Kier alpha value is 0.180. The molecule has 0 spiro atoms. The predicted molar refractivity (Wildman–Crippen MR) is 91.6 cm³/mol. The van der Waals surface area contributed by atoms with Gasteiger partial charge in [0.25, 0.3) is 0 Å². The van der Waals surface area contributed by atoms with Crippen LogP contribution in [0.15, 0.2) is 18.2 Å². The van der Waals surface area contributed by atoms with Crippen molar-refractivity contribution in [2.45, 2.75) is 67.9 Å². The normalized spacial score (nSPS) is 20.5. The summed E-state index contributed by atoms with van der Waals surface area (Å²) in [7, 11) is 0. The third kappa shape index (κ3) is 4.32. The summed E-state index contributed by atoms with van der Waals surface area (Å²) in [6, 6.07) is 7.29. The first-order valence-corrected chi connectivity index (χ1v) is 9.16. The van der Waals surface area contributed by atoms with E-state index in [-0.39, 0.29) is 3.23 Å². The molecule has 2 heteroatoms. The fourth-order valence-corrected chi connectivity index (χ4v) is 3.79. The molecule has 1 aromatic carbocycles. The summed E-state index contributed by atoms with van der Waals surface area (Å²) < 4.78 is 0.172. The maximum Gasteiger partial charge on any atom is 0.0881 e. The monoisotopic (exact) mass is 386 g/mol. The minimum Gasteiger partial charge on any atom is -0.0720 e. The Morgan fingerprint density at radius 3 is 1.84 bits per heavy atom. The lowest BCUT2D eigenvalue weighted by Gasteiger charge is -2.10. The van der Waals surface area contributed by atoms with Crippen LogP contribution < -0.4 is 0 Å². The largest absolute Gasteiger partial charge is 0.0881 e. The molecule has 0 aliphatic heterocycles. The minimum absolute atomic E-state index is 0.172. The average Bonchev–Trinajstić information content (AvgIpc) is 3.03. The quantitative estimate of drug-likeness (QED) is 0.478. The van der Waals surface area contributed by atoms with Gasteiger partial charge in [0, 0.05) is 5.92 Å². The summed E-state index contributed by atoms with van der Waals surface area (Å²) in [6.45, 7) is 4.54. The number of hydrogen-bond donors (Lipinski definition) is 0. The number of unbranched alkanes of at least 4 members (excludes halogenated alkanes) is 2. The highest BCUT2D eigenvalue weighted by molar-refractivity contribution is 9.25. The van der Waals surface area contributed by atoms with E-state index in [1.54, 1.807) is 0 Å². The van der Waals surface area contributed by atoms with Crippen LogP contribution in [-0.2, 0) is 12.8 Å². The molecular weight excluding hydrogens is 364 g/mol. The van der Waals surface area contributed by atoms with Gasteiger partial charge in [-0.05, 0) is 48.8 Å². The number of hydrogen-bond acceptors (Lipinski definition) is 0. The van der Waals surface area contributed by atoms with Gasteiger partial charge in [-0.1, -0.05) is 76.7 Å².